The molecule has 18 heavy (non-hydrogen) atoms. The predicted molar refractivity (Wildman–Crippen MR) is 73.5 cm³/mol. The van der Waals surface area contributed by atoms with Gasteiger partial charge in [-0.15, -0.1) is 0 Å². The molecule has 0 bridgehead atoms. The third-order valence-electron chi connectivity index (χ3n) is 4.83. The van der Waals surface area contributed by atoms with Crippen LogP contribution in [0.5, 0.6) is 5.75 Å². The van der Waals surface area contributed by atoms with Crippen molar-refractivity contribution in [2.75, 3.05) is 6.61 Å². The van der Waals surface area contributed by atoms with Gasteiger partial charge >= 0.3 is 0 Å². The van der Waals surface area contributed by atoms with Crippen molar-refractivity contribution in [2.24, 2.45) is 17.6 Å². The minimum Gasteiger partial charge on any atom is -0.493 e. The van der Waals surface area contributed by atoms with Gasteiger partial charge in [-0.1, -0.05) is 38.0 Å². The Labute approximate surface area is 110 Å². The van der Waals surface area contributed by atoms with E-state index >= 15 is 0 Å². The quantitative estimate of drug-likeness (QED) is 0.822. The SMILES string of the molecule is CC1CCCC(C2(N)CCOc3ccccc32)C1. The molecule has 1 saturated carbocycles. The van der Waals surface area contributed by atoms with Crippen LogP contribution in [0, 0.1) is 11.8 Å². The van der Waals surface area contributed by atoms with Crippen LogP contribution in [0.3, 0.4) is 0 Å². The molecule has 3 rings (SSSR count). The fourth-order valence-electron chi connectivity index (χ4n) is 3.77. The van der Waals surface area contributed by atoms with Gasteiger partial charge in [-0.3, -0.25) is 0 Å². The molecule has 2 N–H and O–H groups in total. The highest BCUT2D eigenvalue weighted by atomic mass is 16.5. The first-order valence-corrected chi connectivity index (χ1v) is 7.21. The average Bonchev–Trinajstić information content (AvgIpc) is 2.39. The van der Waals surface area contributed by atoms with Crippen molar-refractivity contribution in [3.63, 3.8) is 0 Å². The maximum Gasteiger partial charge on any atom is 0.124 e. The zero-order chi connectivity index (χ0) is 12.6. The second-order valence-electron chi connectivity index (χ2n) is 6.10. The topological polar surface area (TPSA) is 35.2 Å². The Morgan fingerprint density at radius 3 is 2.94 bits per heavy atom. The molecule has 2 nitrogen and oxygen atoms in total. The van der Waals surface area contributed by atoms with Crippen LogP contribution in [0.1, 0.15) is 44.6 Å². The highest BCUT2D eigenvalue weighted by molar-refractivity contribution is 5.41. The van der Waals surface area contributed by atoms with Crippen molar-refractivity contribution in [1.82, 2.24) is 0 Å². The summed E-state index contributed by atoms with van der Waals surface area (Å²) >= 11 is 0. The van der Waals surface area contributed by atoms with Crippen LogP contribution in [-0.4, -0.2) is 6.61 Å². The standard InChI is InChI=1S/C16H23NO/c1-12-5-4-6-13(11-12)16(17)9-10-18-15-8-3-2-7-14(15)16/h2-3,7-8,12-13H,4-6,9-11,17H2,1H3. The van der Waals surface area contributed by atoms with Crippen LogP contribution >= 0.6 is 0 Å². The Bertz CT molecular complexity index is 431. The maximum absolute atomic E-state index is 6.83. The lowest BCUT2D eigenvalue weighted by atomic mass is 9.67. The summed E-state index contributed by atoms with van der Waals surface area (Å²) in [7, 11) is 0. The first-order valence-electron chi connectivity index (χ1n) is 7.21. The molecular weight excluding hydrogens is 222 g/mol. The van der Waals surface area contributed by atoms with Crippen molar-refractivity contribution >= 4 is 0 Å². The molecule has 1 aliphatic heterocycles. The van der Waals surface area contributed by atoms with Gasteiger partial charge in [0.05, 0.1) is 12.1 Å². The molecule has 98 valence electrons. The second kappa shape index (κ2) is 4.58. The molecule has 2 heteroatoms. The van der Waals surface area contributed by atoms with Crippen LogP contribution in [0.2, 0.25) is 0 Å². The third-order valence-corrected chi connectivity index (χ3v) is 4.83. The van der Waals surface area contributed by atoms with Gasteiger partial charge in [-0.25, -0.2) is 0 Å². The van der Waals surface area contributed by atoms with Crippen molar-refractivity contribution in [3.05, 3.63) is 29.8 Å². The van der Waals surface area contributed by atoms with E-state index in [1.54, 1.807) is 0 Å². The molecule has 1 aromatic carbocycles. The summed E-state index contributed by atoms with van der Waals surface area (Å²) in [6.45, 7) is 3.12. The summed E-state index contributed by atoms with van der Waals surface area (Å²) in [5, 5.41) is 0. The number of hydrogen-bond acceptors (Lipinski definition) is 2. The smallest absolute Gasteiger partial charge is 0.124 e. The lowest BCUT2D eigenvalue weighted by molar-refractivity contribution is 0.116. The summed E-state index contributed by atoms with van der Waals surface area (Å²) in [6, 6.07) is 8.34. The zero-order valence-corrected chi connectivity index (χ0v) is 11.2. The van der Waals surface area contributed by atoms with Crippen LogP contribution in [0.15, 0.2) is 24.3 Å². The van der Waals surface area contributed by atoms with Gasteiger partial charge in [0.15, 0.2) is 0 Å². The zero-order valence-electron chi connectivity index (χ0n) is 11.2. The van der Waals surface area contributed by atoms with E-state index in [-0.39, 0.29) is 5.54 Å². The fraction of sp³-hybridized carbons (Fsp3) is 0.625. The fourth-order valence-corrected chi connectivity index (χ4v) is 3.77. The Morgan fingerprint density at radius 1 is 1.28 bits per heavy atom. The molecule has 3 atom stereocenters. The number of hydrogen-bond donors (Lipinski definition) is 1. The number of benzene rings is 1. The molecule has 1 aliphatic carbocycles. The maximum atomic E-state index is 6.83. The Kier molecular flexibility index (Phi) is 3.06. The number of ether oxygens (including phenoxy) is 1. The van der Waals surface area contributed by atoms with Gasteiger partial charge in [0, 0.05) is 12.0 Å². The Morgan fingerprint density at radius 2 is 2.11 bits per heavy atom. The Balaban J connectivity index is 1.95. The van der Waals surface area contributed by atoms with Gasteiger partial charge in [0.2, 0.25) is 0 Å². The van der Waals surface area contributed by atoms with Crippen molar-refractivity contribution in [1.29, 1.82) is 0 Å². The van der Waals surface area contributed by atoms with Crippen molar-refractivity contribution < 1.29 is 4.74 Å². The minimum absolute atomic E-state index is 0.163. The van der Waals surface area contributed by atoms with E-state index in [1.807, 2.05) is 6.07 Å². The monoisotopic (exact) mass is 245 g/mol. The largest absolute Gasteiger partial charge is 0.493 e. The molecule has 2 aliphatic rings. The van der Waals surface area contributed by atoms with E-state index in [0.717, 1.165) is 24.7 Å². The summed E-state index contributed by atoms with van der Waals surface area (Å²) in [5.41, 5.74) is 7.90. The van der Waals surface area contributed by atoms with Gasteiger partial charge in [-0.2, -0.15) is 0 Å². The van der Waals surface area contributed by atoms with Gasteiger partial charge < -0.3 is 10.5 Å². The van der Waals surface area contributed by atoms with Crippen LogP contribution < -0.4 is 10.5 Å². The number of rotatable bonds is 1. The molecule has 0 spiro atoms. The first-order chi connectivity index (χ1) is 8.70. The molecule has 0 saturated heterocycles. The summed E-state index contributed by atoms with van der Waals surface area (Å²) in [5.74, 6) is 2.44. The molecule has 1 aromatic rings. The van der Waals surface area contributed by atoms with E-state index in [1.165, 1.54) is 31.2 Å². The first kappa shape index (κ1) is 12.0. The summed E-state index contributed by atoms with van der Waals surface area (Å²) < 4.78 is 5.76. The van der Waals surface area contributed by atoms with Crippen molar-refractivity contribution in [2.45, 2.75) is 44.6 Å². The molecule has 0 aromatic heterocycles. The van der Waals surface area contributed by atoms with E-state index in [9.17, 15) is 0 Å². The lowest BCUT2D eigenvalue weighted by Gasteiger charge is -2.44. The second-order valence-corrected chi connectivity index (χ2v) is 6.10. The highest BCUT2D eigenvalue weighted by Gasteiger charge is 2.42. The Hall–Kier alpha value is -1.02. The van der Waals surface area contributed by atoms with E-state index in [0.29, 0.717) is 5.92 Å². The van der Waals surface area contributed by atoms with Crippen molar-refractivity contribution in [3.8, 4) is 5.75 Å². The van der Waals surface area contributed by atoms with Crippen LogP contribution in [0.4, 0.5) is 0 Å². The average molecular weight is 245 g/mol. The van der Waals surface area contributed by atoms with Gasteiger partial charge in [0.25, 0.3) is 0 Å². The molecular formula is C16H23NO. The highest BCUT2D eigenvalue weighted by Crippen LogP contribution is 2.46. The molecule has 0 radical (unpaired) electrons. The summed E-state index contributed by atoms with van der Waals surface area (Å²) in [4.78, 5) is 0. The normalized spacial score (nSPS) is 35.7. The van der Waals surface area contributed by atoms with E-state index in [2.05, 4.69) is 25.1 Å². The number of nitrogens with two attached hydrogens (primary N) is 1. The molecule has 0 amide bonds. The van der Waals surface area contributed by atoms with Crippen LogP contribution in [-0.2, 0) is 5.54 Å². The van der Waals surface area contributed by atoms with Crippen LogP contribution in [0.25, 0.3) is 0 Å². The third kappa shape index (κ3) is 1.93. The van der Waals surface area contributed by atoms with E-state index in [4.69, 9.17) is 10.5 Å². The van der Waals surface area contributed by atoms with Gasteiger partial charge in [0.1, 0.15) is 5.75 Å². The minimum atomic E-state index is -0.163. The lowest BCUT2D eigenvalue weighted by Crippen LogP contribution is -2.49. The molecule has 3 unspecified atom stereocenters. The number of fused-ring (bicyclic) bond motifs is 1. The van der Waals surface area contributed by atoms with Gasteiger partial charge in [-0.05, 0) is 30.7 Å². The molecule has 1 heterocycles. The molecule has 1 fully saturated rings. The summed E-state index contributed by atoms with van der Waals surface area (Å²) in [6.07, 6.45) is 6.19. The predicted octanol–water partition coefficient (Wildman–Crippen LogP) is 3.45. The number of para-hydroxylation sites is 1. The van der Waals surface area contributed by atoms with E-state index < -0.39 is 0 Å².